The first-order chi connectivity index (χ1) is 9.87. The molecule has 0 aliphatic rings. The van der Waals surface area contributed by atoms with Crippen molar-refractivity contribution in [3.05, 3.63) is 47.7 Å². The summed E-state index contributed by atoms with van der Waals surface area (Å²) in [5, 5.41) is 0.169. The summed E-state index contributed by atoms with van der Waals surface area (Å²) >= 11 is 5.58. The number of pyridine rings is 1. The van der Waals surface area contributed by atoms with Crippen LogP contribution >= 0.6 is 11.6 Å². The van der Waals surface area contributed by atoms with Gasteiger partial charge < -0.3 is 4.74 Å². The fourth-order valence-electron chi connectivity index (χ4n) is 1.44. The molecule has 0 spiro atoms. The number of hydrogen-bond donors (Lipinski definition) is 1. The molecule has 112 valence electrons. The Bertz CT molecular complexity index is 706. The molecule has 1 heterocycles. The van der Waals surface area contributed by atoms with E-state index in [9.17, 15) is 17.2 Å². The Morgan fingerprint density at radius 3 is 2.33 bits per heavy atom. The summed E-state index contributed by atoms with van der Waals surface area (Å²) in [6, 6.07) is 7.70. The fraction of sp³-hybridized carbons (Fsp3) is 0.0833. The van der Waals surface area contributed by atoms with Crippen LogP contribution in [0.5, 0.6) is 5.75 Å². The average molecular weight is 335 g/mol. The van der Waals surface area contributed by atoms with Gasteiger partial charge in [-0.3, -0.25) is 4.72 Å². The molecule has 2 rings (SSSR count). The van der Waals surface area contributed by atoms with Crippen LogP contribution < -0.4 is 9.46 Å². The van der Waals surface area contributed by atoms with E-state index in [0.717, 1.165) is 6.20 Å². The summed E-state index contributed by atoms with van der Waals surface area (Å²) < 4.78 is 54.5. The highest BCUT2D eigenvalue weighted by molar-refractivity contribution is 7.92. The van der Waals surface area contributed by atoms with Gasteiger partial charge in [-0.25, -0.2) is 13.4 Å². The quantitative estimate of drug-likeness (QED) is 0.853. The van der Waals surface area contributed by atoms with Gasteiger partial charge in [0.15, 0.2) is 0 Å². The lowest BCUT2D eigenvalue weighted by atomic mass is 10.3. The maximum Gasteiger partial charge on any atom is 0.387 e. The first kappa shape index (κ1) is 15.5. The maximum atomic E-state index is 12.0. The van der Waals surface area contributed by atoms with Gasteiger partial charge in [0.25, 0.3) is 10.0 Å². The molecule has 0 amide bonds. The van der Waals surface area contributed by atoms with Gasteiger partial charge in [0.1, 0.15) is 15.8 Å². The number of rotatable bonds is 5. The lowest BCUT2D eigenvalue weighted by molar-refractivity contribution is -0.0498. The first-order valence-electron chi connectivity index (χ1n) is 5.56. The van der Waals surface area contributed by atoms with E-state index in [2.05, 4.69) is 14.4 Å². The number of aromatic nitrogens is 1. The molecule has 0 saturated heterocycles. The van der Waals surface area contributed by atoms with Crippen molar-refractivity contribution in [3.8, 4) is 5.75 Å². The summed E-state index contributed by atoms with van der Waals surface area (Å²) in [4.78, 5) is 3.61. The van der Waals surface area contributed by atoms with Crippen LogP contribution in [0.1, 0.15) is 0 Å². The molecule has 9 heteroatoms. The number of alkyl halides is 2. The summed E-state index contributed by atoms with van der Waals surface area (Å²) in [6.07, 6.45) is 1.11. The molecule has 2 aromatic rings. The van der Waals surface area contributed by atoms with Crippen molar-refractivity contribution in [3.63, 3.8) is 0 Å². The van der Waals surface area contributed by atoms with Crippen molar-refractivity contribution in [1.29, 1.82) is 0 Å². The Balaban J connectivity index is 2.15. The predicted molar refractivity (Wildman–Crippen MR) is 73.1 cm³/mol. The zero-order valence-corrected chi connectivity index (χ0v) is 11.9. The summed E-state index contributed by atoms with van der Waals surface area (Å²) in [5.74, 6) is -0.0684. The van der Waals surface area contributed by atoms with Gasteiger partial charge >= 0.3 is 6.61 Å². The molecule has 21 heavy (non-hydrogen) atoms. The fourth-order valence-corrected chi connectivity index (χ4v) is 2.55. The van der Waals surface area contributed by atoms with Crippen LogP contribution in [-0.2, 0) is 10.0 Å². The third kappa shape index (κ3) is 4.27. The molecule has 0 aliphatic carbocycles. The minimum atomic E-state index is -3.83. The summed E-state index contributed by atoms with van der Waals surface area (Å²) in [5.41, 5.74) is 0.201. The van der Waals surface area contributed by atoms with Crippen molar-refractivity contribution >= 4 is 27.3 Å². The first-order valence-corrected chi connectivity index (χ1v) is 7.42. The van der Waals surface area contributed by atoms with Crippen LogP contribution in [0, 0.1) is 0 Å². The number of ether oxygens (including phenoxy) is 1. The Labute approximate surface area is 124 Å². The van der Waals surface area contributed by atoms with E-state index in [-0.39, 0.29) is 21.5 Å². The number of nitrogens with one attached hydrogen (secondary N) is 1. The normalized spacial score (nSPS) is 11.4. The third-order valence-electron chi connectivity index (χ3n) is 2.34. The standard InChI is InChI=1S/C12H9ClF2N2O3S/c13-11-6-5-10(7-16-11)21(18,19)17-8-1-3-9(4-2-8)20-12(14)15/h1-7,12,17H. The van der Waals surface area contributed by atoms with Crippen molar-refractivity contribution in [2.75, 3.05) is 4.72 Å². The highest BCUT2D eigenvalue weighted by Crippen LogP contribution is 2.20. The Kier molecular flexibility index (Phi) is 4.59. The Morgan fingerprint density at radius 1 is 1.14 bits per heavy atom. The SMILES string of the molecule is O=S(=O)(Nc1ccc(OC(F)F)cc1)c1ccc(Cl)nc1. The second-order valence-electron chi connectivity index (χ2n) is 3.83. The highest BCUT2D eigenvalue weighted by atomic mass is 35.5. The van der Waals surface area contributed by atoms with E-state index in [0.29, 0.717) is 0 Å². The van der Waals surface area contributed by atoms with Crippen molar-refractivity contribution in [2.45, 2.75) is 11.5 Å². The molecule has 0 fully saturated rings. The number of benzene rings is 1. The van der Waals surface area contributed by atoms with Crippen molar-refractivity contribution in [2.24, 2.45) is 0 Å². The van der Waals surface area contributed by atoms with Gasteiger partial charge in [-0.1, -0.05) is 11.6 Å². The van der Waals surface area contributed by atoms with Crippen molar-refractivity contribution in [1.82, 2.24) is 4.98 Å². The zero-order chi connectivity index (χ0) is 15.5. The second kappa shape index (κ2) is 6.23. The number of sulfonamides is 1. The maximum absolute atomic E-state index is 12.0. The van der Waals surface area contributed by atoms with E-state index < -0.39 is 16.6 Å². The highest BCUT2D eigenvalue weighted by Gasteiger charge is 2.14. The molecule has 1 aromatic heterocycles. The van der Waals surface area contributed by atoms with E-state index >= 15 is 0 Å². The molecular formula is C12H9ClF2N2O3S. The van der Waals surface area contributed by atoms with Crippen LogP contribution in [0.2, 0.25) is 5.15 Å². The number of anilines is 1. The molecule has 1 aromatic carbocycles. The summed E-state index contributed by atoms with van der Waals surface area (Å²) in [7, 11) is -3.83. The van der Waals surface area contributed by atoms with Crippen LogP contribution in [0.3, 0.4) is 0 Å². The molecule has 5 nitrogen and oxygen atoms in total. The summed E-state index contributed by atoms with van der Waals surface area (Å²) in [6.45, 7) is -2.94. The monoisotopic (exact) mass is 334 g/mol. The number of halogens is 3. The Hall–Kier alpha value is -1.93. The van der Waals surface area contributed by atoms with Crippen LogP contribution in [-0.4, -0.2) is 20.0 Å². The molecule has 0 saturated carbocycles. The number of hydrogen-bond acceptors (Lipinski definition) is 4. The number of nitrogens with zero attached hydrogens (tertiary/aromatic N) is 1. The molecular weight excluding hydrogens is 326 g/mol. The van der Waals surface area contributed by atoms with E-state index in [1.54, 1.807) is 0 Å². The van der Waals surface area contributed by atoms with Gasteiger partial charge in [0, 0.05) is 11.9 Å². The lowest BCUT2D eigenvalue weighted by Crippen LogP contribution is -2.13. The minimum absolute atomic E-state index is 0.0684. The second-order valence-corrected chi connectivity index (χ2v) is 5.89. The minimum Gasteiger partial charge on any atom is -0.435 e. The van der Waals surface area contributed by atoms with E-state index in [1.807, 2.05) is 0 Å². The predicted octanol–water partition coefficient (Wildman–Crippen LogP) is 3.14. The topological polar surface area (TPSA) is 68.3 Å². The van der Waals surface area contributed by atoms with Crippen LogP contribution in [0.25, 0.3) is 0 Å². The largest absolute Gasteiger partial charge is 0.435 e. The molecule has 0 bridgehead atoms. The lowest BCUT2D eigenvalue weighted by Gasteiger charge is -2.09. The van der Waals surface area contributed by atoms with Gasteiger partial charge in [-0.15, -0.1) is 0 Å². The van der Waals surface area contributed by atoms with E-state index in [4.69, 9.17) is 11.6 Å². The van der Waals surface area contributed by atoms with Crippen molar-refractivity contribution < 1.29 is 21.9 Å². The van der Waals surface area contributed by atoms with E-state index in [1.165, 1.54) is 36.4 Å². The molecule has 0 aliphatic heterocycles. The zero-order valence-electron chi connectivity index (χ0n) is 10.3. The van der Waals surface area contributed by atoms with Gasteiger partial charge in [0.05, 0.1) is 0 Å². The Morgan fingerprint density at radius 2 is 1.81 bits per heavy atom. The molecule has 0 unspecified atom stereocenters. The molecule has 1 N–H and O–H groups in total. The van der Waals surface area contributed by atoms with Gasteiger partial charge in [0.2, 0.25) is 0 Å². The van der Waals surface area contributed by atoms with Gasteiger partial charge in [-0.2, -0.15) is 8.78 Å². The third-order valence-corrected chi connectivity index (χ3v) is 3.93. The van der Waals surface area contributed by atoms with Crippen LogP contribution in [0.4, 0.5) is 14.5 Å². The smallest absolute Gasteiger partial charge is 0.387 e. The molecule has 0 atom stereocenters. The average Bonchev–Trinajstić information content (AvgIpc) is 2.40. The van der Waals surface area contributed by atoms with Gasteiger partial charge in [-0.05, 0) is 36.4 Å². The van der Waals surface area contributed by atoms with Crippen LogP contribution in [0.15, 0.2) is 47.5 Å². The molecule has 0 radical (unpaired) electrons.